The Morgan fingerprint density at radius 3 is 2.96 bits per heavy atom. The normalized spacial score (nSPS) is 22.2. The molecule has 1 saturated heterocycles. The molecule has 1 aliphatic heterocycles. The van der Waals surface area contributed by atoms with Crippen molar-refractivity contribution in [2.45, 2.75) is 31.8 Å². The van der Waals surface area contributed by atoms with Gasteiger partial charge in [-0.15, -0.1) is 0 Å². The van der Waals surface area contributed by atoms with Crippen LogP contribution in [0.3, 0.4) is 0 Å². The second-order valence-corrected chi connectivity index (χ2v) is 6.11. The zero-order valence-electron chi connectivity index (χ0n) is 13.5. The van der Waals surface area contributed by atoms with E-state index in [-0.39, 0.29) is 12.5 Å². The molecule has 124 valence electrons. The number of nitrogens with zero attached hydrogens (tertiary/aromatic N) is 2. The van der Waals surface area contributed by atoms with Crippen molar-refractivity contribution in [2.75, 3.05) is 7.11 Å². The van der Waals surface area contributed by atoms with Crippen molar-refractivity contribution in [2.24, 2.45) is 0 Å². The molecule has 1 aromatic carbocycles. The number of imide groups is 1. The number of methoxy groups -OCH3 is 1. The van der Waals surface area contributed by atoms with Gasteiger partial charge in [0.25, 0.3) is 5.91 Å². The van der Waals surface area contributed by atoms with Gasteiger partial charge in [0.2, 0.25) is 0 Å². The van der Waals surface area contributed by atoms with Gasteiger partial charge in [0.05, 0.1) is 19.3 Å². The summed E-state index contributed by atoms with van der Waals surface area (Å²) in [5.41, 5.74) is 1.43. The Kier molecular flexibility index (Phi) is 3.13. The van der Waals surface area contributed by atoms with Crippen LogP contribution >= 0.6 is 0 Å². The predicted molar refractivity (Wildman–Crippen MR) is 83.3 cm³/mol. The minimum Gasteiger partial charge on any atom is -0.497 e. The van der Waals surface area contributed by atoms with Crippen LogP contribution in [0.15, 0.2) is 28.9 Å². The molecule has 2 heterocycles. The lowest BCUT2D eigenvalue weighted by atomic mass is 9.91. The van der Waals surface area contributed by atoms with Crippen molar-refractivity contribution in [3.63, 3.8) is 0 Å². The van der Waals surface area contributed by atoms with Gasteiger partial charge in [0.1, 0.15) is 17.6 Å². The summed E-state index contributed by atoms with van der Waals surface area (Å²) in [6.07, 6.45) is 2.75. The summed E-state index contributed by atoms with van der Waals surface area (Å²) in [6.45, 7) is 1.82. The number of nitrogens with one attached hydrogen (secondary N) is 1. The maximum atomic E-state index is 13.1. The number of urea groups is 1. The van der Waals surface area contributed by atoms with E-state index in [1.165, 1.54) is 11.2 Å². The minimum atomic E-state index is -1.00. The second kappa shape index (κ2) is 5.09. The highest BCUT2D eigenvalue weighted by Gasteiger charge is 2.55. The largest absolute Gasteiger partial charge is 0.497 e. The number of carbonyl (C=O) groups is 2. The predicted octanol–water partition coefficient (Wildman–Crippen LogP) is 1.89. The number of aromatic nitrogens is 1. The van der Waals surface area contributed by atoms with Gasteiger partial charge in [-0.05, 0) is 36.1 Å². The number of carbonyl (C=O) groups excluding carboxylic acids is 2. The van der Waals surface area contributed by atoms with Crippen molar-refractivity contribution in [3.05, 3.63) is 47.2 Å². The van der Waals surface area contributed by atoms with E-state index >= 15 is 0 Å². The highest BCUT2D eigenvalue weighted by Crippen LogP contribution is 2.43. The van der Waals surface area contributed by atoms with Crippen LogP contribution in [0, 0.1) is 6.92 Å². The number of fused-ring (bicyclic) bond motifs is 2. The SMILES string of the molecule is COc1ccc2c(c1)C1(CC2)NC(=O)N(Cc2coc(C)n2)C1=O. The lowest BCUT2D eigenvalue weighted by molar-refractivity contribution is -0.132. The number of hydrogen-bond donors (Lipinski definition) is 1. The number of aryl methyl sites for hydroxylation is 2. The minimum absolute atomic E-state index is 0.100. The van der Waals surface area contributed by atoms with Crippen molar-refractivity contribution in [1.82, 2.24) is 15.2 Å². The van der Waals surface area contributed by atoms with Crippen LogP contribution < -0.4 is 10.1 Å². The molecule has 1 fully saturated rings. The average molecular weight is 327 g/mol. The third kappa shape index (κ3) is 2.01. The number of hydrogen-bond acceptors (Lipinski definition) is 5. The Labute approximate surface area is 138 Å². The number of ether oxygens (including phenoxy) is 1. The summed E-state index contributed by atoms with van der Waals surface area (Å²) >= 11 is 0. The zero-order valence-corrected chi connectivity index (χ0v) is 13.5. The number of rotatable bonds is 3. The number of oxazole rings is 1. The lowest BCUT2D eigenvalue weighted by Crippen LogP contribution is -2.41. The molecule has 2 aliphatic rings. The molecular weight excluding hydrogens is 310 g/mol. The highest BCUT2D eigenvalue weighted by atomic mass is 16.5. The fraction of sp³-hybridized carbons (Fsp3) is 0.353. The van der Waals surface area contributed by atoms with Crippen LogP contribution in [-0.4, -0.2) is 28.9 Å². The maximum Gasteiger partial charge on any atom is 0.325 e. The van der Waals surface area contributed by atoms with E-state index in [0.29, 0.717) is 23.8 Å². The van der Waals surface area contributed by atoms with Crippen molar-refractivity contribution in [3.8, 4) is 5.75 Å². The molecular formula is C17H17N3O4. The molecule has 7 heteroatoms. The van der Waals surface area contributed by atoms with Gasteiger partial charge in [0, 0.05) is 6.92 Å². The molecule has 24 heavy (non-hydrogen) atoms. The standard InChI is InChI=1S/C17H17N3O4/c1-10-18-12(9-24-10)8-20-15(21)17(19-16(20)22)6-5-11-3-4-13(23-2)7-14(11)17/h3-4,7,9H,5-6,8H2,1-2H3,(H,19,22). The van der Waals surface area contributed by atoms with Crippen molar-refractivity contribution >= 4 is 11.9 Å². The molecule has 1 aliphatic carbocycles. The van der Waals surface area contributed by atoms with Crippen LogP contribution in [-0.2, 0) is 23.3 Å². The molecule has 0 radical (unpaired) electrons. The first kappa shape index (κ1) is 14.7. The summed E-state index contributed by atoms with van der Waals surface area (Å²) in [5.74, 6) is 0.922. The first-order valence-corrected chi connectivity index (χ1v) is 7.76. The Morgan fingerprint density at radius 1 is 1.42 bits per heavy atom. The Balaban J connectivity index is 1.69. The summed E-state index contributed by atoms with van der Waals surface area (Å²) in [5, 5.41) is 2.89. The van der Waals surface area contributed by atoms with Gasteiger partial charge in [0.15, 0.2) is 5.89 Å². The molecule has 1 atom stereocenters. The topological polar surface area (TPSA) is 84.7 Å². The van der Waals surface area contributed by atoms with Gasteiger partial charge in [-0.25, -0.2) is 9.78 Å². The van der Waals surface area contributed by atoms with E-state index in [1.54, 1.807) is 14.0 Å². The Morgan fingerprint density at radius 2 is 2.25 bits per heavy atom. The second-order valence-electron chi connectivity index (χ2n) is 6.11. The van der Waals surface area contributed by atoms with E-state index in [4.69, 9.17) is 9.15 Å². The Bertz CT molecular complexity index is 844. The van der Waals surface area contributed by atoms with Crippen molar-refractivity contribution in [1.29, 1.82) is 0 Å². The smallest absolute Gasteiger partial charge is 0.325 e. The summed E-state index contributed by atoms with van der Waals surface area (Å²) < 4.78 is 10.4. The third-order valence-corrected chi connectivity index (χ3v) is 4.71. The molecule has 4 rings (SSSR count). The van der Waals surface area contributed by atoms with Crippen molar-refractivity contribution < 1.29 is 18.7 Å². The van der Waals surface area contributed by atoms with E-state index in [2.05, 4.69) is 10.3 Å². The molecule has 2 aromatic rings. The molecule has 0 saturated carbocycles. The highest BCUT2D eigenvalue weighted by molar-refractivity contribution is 6.08. The van der Waals surface area contributed by atoms with Gasteiger partial charge >= 0.3 is 6.03 Å². The quantitative estimate of drug-likeness (QED) is 0.870. The maximum absolute atomic E-state index is 13.1. The van der Waals surface area contributed by atoms with E-state index in [9.17, 15) is 9.59 Å². The summed E-state index contributed by atoms with van der Waals surface area (Å²) in [7, 11) is 1.58. The molecule has 7 nitrogen and oxygen atoms in total. The fourth-order valence-corrected chi connectivity index (χ4v) is 3.52. The monoisotopic (exact) mass is 327 g/mol. The van der Waals surface area contributed by atoms with Crippen LogP contribution in [0.4, 0.5) is 4.79 Å². The Hall–Kier alpha value is -2.83. The van der Waals surface area contributed by atoms with Gasteiger partial charge in [-0.2, -0.15) is 0 Å². The summed E-state index contributed by atoms with van der Waals surface area (Å²) in [6, 6.07) is 5.25. The van der Waals surface area contributed by atoms with Crippen LogP contribution in [0.25, 0.3) is 0 Å². The van der Waals surface area contributed by atoms with Crippen LogP contribution in [0.1, 0.15) is 29.1 Å². The third-order valence-electron chi connectivity index (χ3n) is 4.71. The molecule has 0 bridgehead atoms. The molecule has 1 spiro atoms. The first-order chi connectivity index (χ1) is 11.5. The molecule has 1 unspecified atom stereocenters. The lowest BCUT2D eigenvalue weighted by Gasteiger charge is -2.22. The van der Waals surface area contributed by atoms with Gasteiger partial charge in [-0.3, -0.25) is 9.69 Å². The average Bonchev–Trinajstić information content (AvgIpc) is 3.22. The molecule has 1 N–H and O–H groups in total. The van der Waals surface area contributed by atoms with E-state index in [0.717, 1.165) is 17.5 Å². The number of benzene rings is 1. The molecule has 1 aromatic heterocycles. The van der Waals surface area contributed by atoms with Gasteiger partial charge < -0.3 is 14.5 Å². The fourth-order valence-electron chi connectivity index (χ4n) is 3.52. The van der Waals surface area contributed by atoms with Crippen LogP contribution in [0.2, 0.25) is 0 Å². The molecule has 3 amide bonds. The number of amides is 3. The van der Waals surface area contributed by atoms with E-state index in [1.807, 2.05) is 18.2 Å². The zero-order chi connectivity index (χ0) is 16.9. The summed E-state index contributed by atoms with van der Waals surface area (Å²) in [4.78, 5) is 30.9. The van der Waals surface area contributed by atoms with Gasteiger partial charge in [-0.1, -0.05) is 6.07 Å². The first-order valence-electron chi connectivity index (χ1n) is 7.76. The van der Waals surface area contributed by atoms with Crippen LogP contribution in [0.5, 0.6) is 5.75 Å². The van der Waals surface area contributed by atoms with E-state index < -0.39 is 11.6 Å².